The van der Waals surface area contributed by atoms with Crippen LogP contribution in [0.3, 0.4) is 0 Å². The summed E-state index contributed by atoms with van der Waals surface area (Å²) in [5.41, 5.74) is 0.164. The second-order valence-electron chi connectivity index (χ2n) is 9.16. The third-order valence-corrected chi connectivity index (χ3v) is 5.21. The lowest BCUT2D eigenvalue weighted by molar-refractivity contribution is 0.0127. The first-order valence-electron chi connectivity index (χ1n) is 10.1. The van der Waals surface area contributed by atoms with Gasteiger partial charge >= 0.3 is 12.1 Å². The van der Waals surface area contributed by atoms with Crippen molar-refractivity contribution in [3.63, 3.8) is 0 Å². The van der Waals surface area contributed by atoms with Gasteiger partial charge in [0.15, 0.2) is 0 Å². The van der Waals surface area contributed by atoms with Crippen LogP contribution in [0.1, 0.15) is 45.7 Å². The molecule has 0 aliphatic carbocycles. The fourth-order valence-electron chi connectivity index (χ4n) is 3.59. The van der Waals surface area contributed by atoms with Crippen molar-refractivity contribution in [1.82, 2.24) is 14.7 Å². The van der Waals surface area contributed by atoms with Crippen molar-refractivity contribution in [2.75, 3.05) is 26.2 Å². The Morgan fingerprint density at radius 2 is 1.70 bits per heavy atom. The van der Waals surface area contributed by atoms with Crippen LogP contribution in [-0.4, -0.2) is 70.2 Å². The van der Waals surface area contributed by atoms with E-state index in [1.54, 1.807) is 34.1 Å². The van der Waals surface area contributed by atoms with Crippen molar-refractivity contribution in [2.24, 2.45) is 0 Å². The Hall–Kier alpha value is -3.19. The van der Waals surface area contributed by atoms with Crippen LogP contribution in [-0.2, 0) is 4.74 Å². The minimum atomic E-state index is -0.668. The molecular weight excluding hydrogens is 380 g/mol. The summed E-state index contributed by atoms with van der Waals surface area (Å²) < 4.78 is 5.48. The van der Waals surface area contributed by atoms with Crippen LogP contribution in [0.5, 0.6) is 0 Å². The van der Waals surface area contributed by atoms with Crippen LogP contribution in [0.25, 0.3) is 0 Å². The molecule has 2 heterocycles. The molecule has 0 N–H and O–H groups in total. The highest BCUT2D eigenvalue weighted by atomic mass is 16.6. The number of fused-ring (bicyclic) bond motifs is 1. The second-order valence-corrected chi connectivity index (χ2v) is 9.16. The number of hydrogen-bond acceptors (Lipinski definition) is 4. The van der Waals surface area contributed by atoms with Gasteiger partial charge in [0.1, 0.15) is 11.1 Å². The van der Waals surface area contributed by atoms with Crippen LogP contribution >= 0.6 is 0 Å². The number of ether oxygens (including phenoxy) is 1. The van der Waals surface area contributed by atoms with Gasteiger partial charge in [-0.25, -0.2) is 9.59 Å². The molecule has 3 rings (SSSR count). The van der Waals surface area contributed by atoms with Gasteiger partial charge in [0.05, 0.1) is 17.7 Å². The third kappa shape index (κ3) is 4.68. The zero-order valence-electron chi connectivity index (χ0n) is 18.2. The molecule has 2 aliphatic heterocycles. The predicted octanol–water partition coefficient (Wildman–Crippen LogP) is 3.05. The first kappa shape index (κ1) is 21.5. The molecule has 0 radical (unpaired) electrons. The predicted molar refractivity (Wildman–Crippen MR) is 113 cm³/mol. The summed E-state index contributed by atoms with van der Waals surface area (Å²) in [5, 5.41) is 8.90. The summed E-state index contributed by atoms with van der Waals surface area (Å²) in [4.78, 5) is 30.7. The molecule has 7 nitrogen and oxygen atoms in total. The number of amides is 3. The van der Waals surface area contributed by atoms with Gasteiger partial charge < -0.3 is 19.4 Å². The summed E-state index contributed by atoms with van der Waals surface area (Å²) in [6.45, 7) is 11.3. The Bertz CT molecular complexity index is 928. The summed E-state index contributed by atoms with van der Waals surface area (Å²) in [6.07, 6.45) is -0.340. The van der Waals surface area contributed by atoms with Crippen LogP contribution in [0.4, 0.5) is 9.59 Å². The summed E-state index contributed by atoms with van der Waals surface area (Å²) in [5.74, 6) is 6.31. The molecule has 2 fully saturated rings. The molecule has 0 saturated carbocycles. The fraction of sp³-hybridized carbons (Fsp3) is 0.522. The topological polar surface area (TPSA) is 76.9 Å². The van der Waals surface area contributed by atoms with Crippen LogP contribution in [0.2, 0.25) is 0 Å². The lowest BCUT2D eigenvalue weighted by Crippen LogP contribution is -2.54. The normalized spacial score (nSPS) is 19.0. The van der Waals surface area contributed by atoms with Gasteiger partial charge in [-0.15, -0.1) is 0 Å². The average molecular weight is 409 g/mol. The van der Waals surface area contributed by atoms with E-state index in [9.17, 15) is 9.59 Å². The third-order valence-electron chi connectivity index (χ3n) is 5.21. The SMILES string of the molecule is CC(C)(C)OC(=O)N1CCN2C(=O)N(C(C)(C)C#Cc3ccc(C#N)cc3)CC2C1. The molecule has 0 bridgehead atoms. The number of urea groups is 1. The Balaban J connectivity index is 1.70. The smallest absolute Gasteiger partial charge is 0.410 e. The van der Waals surface area contributed by atoms with E-state index in [2.05, 4.69) is 17.9 Å². The van der Waals surface area contributed by atoms with E-state index < -0.39 is 11.1 Å². The van der Waals surface area contributed by atoms with Gasteiger partial charge in [-0.05, 0) is 58.9 Å². The molecule has 1 unspecified atom stereocenters. The van der Waals surface area contributed by atoms with Gasteiger partial charge in [-0.3, -0.25) is 0 Å². The van der Waals surface area contributed by atoms with Gasteiger partial charge in [-0.1, -0.05) is 11.8 Å². The Morgan fingerprint density at radius 1 is 1.07 bits per heavy atom. The first-order valence-corrected chi connectivity index (χ1v) is 10.1. The Labute approximate surface area is 178 Å². The minimum Gasteiger partial charge on any atom is -0.444 e. The lowest BCUT2D eigenvalue weighted by Gasteiger charge is -2.37. The standard InChI is InChI=1S/C23H28N4O3/c1-22(2,3)30-21(29)25-12-13-26-19(15-25)16-27(20(26)28)23(4,5)11-10-17-6-8-18(14-24)9-7-17/h6-9,19H,12-13,15-16H2,1-5H3. The highest BCUT2D eigenvalue weighted by Crippen LogP contribution is 2.28. The maximum atomic E-state index is 13.0. The number of nitrogens with zero attached hydrogens (tertiary/aromatic N) is 4. The number of hydrogen-bond donors (Lipinski definition) is 0. The number of carbonyl (C=O) groups excluding carboxylic acids is 2. The number of benzene rings is 1. The van der Waals surface area contributed by atoms with E-state index in [0.717, 1.165) is 5.56 Å². The van der Waals surface area contributed by atoms with Gasteiger partial charge in [0.2, 0.25) is 0 Å². The van der Waals surface area contributed by atoms with Crippen LogP contribution in [0.15, 0.2) is 24.3 Å². The zero-order valence-corrected chi connectivity index (χ0v) is 18.2. The Morgan fingerprint density at radius 3 is 2.30 bits per heavy atom. The van der Waals surface area contributed by atoms with E-state index >= 15 is 0 Å². The van der Waals surface area contributed by atoms with Crippen molar-refractivity contribution in [1.29, 1.82) is 5.26 Å². The number of piperazine rings is 1. The van der Waals surface area contributed by atoms with Crippen molar-refractivity contribution < 1.29 is 14.3 Å². The van der Waals surface area contributed by atoms with E-state index in [0.29, 0.717) is 31.7 Å². The highest BCUT2D eigenvalue weighted by Gasteiger charge is 2.46. The maximum absolute atomic E-state index is 13.0. The lowest BCUT2D eigenvalue weighted by atomic mass is 10.0. The van der Waals surface area contributed by atoms with Gasteiger partial charge in [0.25, 0.3) is 0 Å². The summed E-state index contributed by atoms with van der Waals surface area (Å²) in [7, 11) is 0. The largest absolute Gasteiger partial charge is 0.444 e. The highest BCUT2D eigenvalue weighted by molar-refractivity contribution is 5.79. The van der Waals surface area contributed by atoms with E-state index in [4.69, 9.17) is 10.00 Å². The molecule has 0 aromatic heterocycles. The van der Waals surface area contributed by atoms with E-state index in [1.165, 1.54) is 0 Å². The van der Waals surface area contributed by atoms with E-state index in [-0.39, 0.29) is 18.2 Å². The molecular formula is C23H28N4O3. The molecule has 0 spiro atoms. The quantitative estimate of drug-likeness (QED) is 0.669. The molecule has 3 amide bonds. The van der Waals surface area contributed by atoms with Crippen molar-refractivity contribution in [3.8, 4) is 17.9 Å². The molecule has 1 atom stereocenters. The summed E-state index contributed by atoms with van der Waals surface area (Å²) in [6, 6.07) is 9.01. The molecule has 158 valence electrons. The molecule has 1 aromatic rings. The summed E-state index contributed by atoms with van der Waals surface area (Å²) >= 11 is 0. The molecule has 7 heteroatoms. The molecule has 2 aliphatic rings. The fourth-order valence-corrected chi connectivity index (χ4v) is 3.59. The number of rotatable bonds is 1. The maximum Gasteiger partial charge on any atom is 0.410 e. The monoisotopic (exact) mass is 408 g/mol. The Kier molecular flexibility index (Phi) is 5.67. The second kappa shape index (κ2) is 7.91. The average Bonchev–Trinajstić information content (AvgIpc) is 3.02. The van der Waals surface area contributed by atoms with Crippen molar-refractivity contribution >= 4 is 12.1 Å². The van der Waals surface area contributed by atoms with Gasteiger partial charge in [-0.2, -0.15) is 5.26 Å². The minimum absolute atomic E-state index is 0.0528. The van der Waals surface area contributed by atoms with Crippen LogP contribution in [0, 0.1) is 23.2 Å². The first-order chi connectivity index (χ1) is 14.0. The van der Waals surface area contributed by atoms with E-state index in [1.807, 2.05) is 39.5 Å². The van der Waals surface area contributed by atoms with Gasteiger partial charge in [0, 0.05) is 31.7 Å². The number of nitriles is 1. The molecule has 30 heavy (non-hydrogen) atoms. The van der Waals surface area contributed by atoms with Crippen LogP contribution < -0.4 is 0 Å². The molecule has 2 saturated heterocycles. The van der Waals surface area contributed by atoms with Crippen molar-refractivity contribution in [3.05, 3.63) is 35.4 Å². The zero-order chi connectivity index (χ0) is 22.1. The van der Waals surface area contributed by atoms with Crippen molar-refractivity contribution in [2.45, 2.75) is 51.8 Å². The molecule has 1 aromatic carbocycles. The number of carbonyl (C=O) groups is 2.